The molecule has 1 rings (SSSR count). The van der Waals surface area contributed by atoms with E-state index in [-0.39, 0.29) is 0 Å². The van der Waals surface area contributed by atoms with Crippen molar-refractivity contribution in [1.82, 2.24) is 5.10 Å². The fraction of sp³-hybridized carbons (Fsp3) is 0. The molecule has 0 aromatic carbocycles. The minimum atomic E-state index is -2.07. The summed E-state index contributed by atoms with van der Waals surface area (Å²) >= 11 is 1.39. The highest BCUT2D eigenvalue weighted by atomic mass is 32.1. The maximum Gasteiger partial charge on any atom is 0.351 e. The summed E-state index contributed by atoms with van der Waals surface area (Å²) in [6.07, 6.45) is 0. The Morgan fingerprint density at radius 2 is 2.25 bits per heavy atom. The average molecular weight is 191 g/mol. The van der Waals surface area contributed by atoms with Crippen LogP contribution in [0.3, 0.4) is 0 Å². The van der Waals surface area contributed by atoms with Crippen molar-refractivity contribution in [3.63, 3.8) is 0 Å². The van der Waals surface area contributed by atoms with Crippen LogP contribution in [-0.2, 0) is 9.59 Å². The number of aromatic nitrogens is 2. The van der Waals surface area contributed by atoms with Gasteiger partial charge in [-0.3, -0.25) is 0 Å². The fourth-order valence-corrected chi connectivity index (χ4v) is 0.535. The Hall–Kier alpha value is -1.70. The van der Waals surface area contributed by atoms with Crippen molar-refractivity contribution >= 4 is 28.4 Å². The number of H-pyrrole nitrogens is 1. The molecule has 0 unspecified atom stereocenters. The first-order chi connectivity index (χ1) is 5.54. The number of aliphatic carboxylic acids is 2. The van der Waals surface area contributed by atoms with Gasteiger partial charge in [-0.05, 0) is 11.3 Å². The maximum absolute atomic E-state index is 9.04. The monoisotopic (exact) mass is 191 g/mol. The third kappa shape index (κ3) is 5.11. The van der Waals surface area contributed by atoms with Crippen LogP contribution < -0.4 is 15.9 Å². The average Bonchev–Trinajstić information content (AvgIpc) is 2.40. The lowest BCUT2D eigenvalue weighted by Gasteiger charge is -1.85. The van der Waals surface area contributed by atoms with Crippen LogP contribution in [0.2, 0.25) is 0 Å². The van der Waals surface area contributed by atoms with Crippen LogP contribution in [0.15, 0.2) is 5.51 Å². The SMILES string of the molecule is Nc1n[nH+]cs1.O=C([O-])C(=O)O. The van der Waals surface area contributed by atoms with Gasteiger partial charge in [-0.2, -0.15) is 0 Å². The van der Waals surface area contributed by atoms with Crippen molar-refractivity contribution in [3.8, 4) is 0 Å². The number of aromatic amines is 1. The van der Waals surface area contributed by atoms with E-state index < -0.39 is 11.9 Å². The Balaban J connectivity index is 0.000000202. The number of nitrogen functional groups attached to an aromatic ring is 1. The van der Waals surface area contributed by atoms with E-state index in [2.05, 4.69) is 10.2 Å². The Labute approximate surface area is 70.5 Å². The van der Waals surface area contributed by atoms with Crippen molar-refractivity contribution in [2.75, 3.05) is 5.73 Å². The van der Waals surface area contributed by atoms with Crippen LogP contribution in [0.5, 0.6) is 0 Å². The highest BCUT2D eigenvalue weighted by Crippen LogP contribution is 1.95. The molecule has 4 N–H and O–H groups in total. The second kappa shape index (κ2) is 5.02. The molecule has 12 heavy (non-hydrogen) atoms. The topological polar surface area (TPSA) is 130 Å². The van der Waals surface area contributed by atoms with E-state index in [0.29, 0.717) is 5.13 Å². The quantitative estimate of drug-likeness (QED) is 0.431. The number of hydrogen-bond acceptors (Lipinski definition) is 6. The lowest BCUT2D eigenvalue weighted by Crippen LogP contribution is -2.30. The molecule has 1 heterocycles. The lowest BCUT2D eigenvalue weighted by atomic mass is 10.7. The lowest BCUT2D eigenvalue weighted by molar-refractivity contribution is -0.445. The molecular weight excluding hydrogens is 186 g/mol. The van der Waals surface area contributed by atoms with Crippen LogP contribution in [0, 0.1) is 0 Å². The van der Waals surface area contributed by atoms with Crippen molar-refractivity contribution in [3.05, 3.63) is 5.51 Å². The summed E-state index contributed by atoms with van der Waals surface area (Å²) in [6.45, 7) is 0. The molecule has 0 saturated heterocycles. The number of carboxylic acids is 2. The minimum absolute atomic E-state index is 0.579. The number of hydrogen-bond donors (Lipinski definition) is 2. The number of carbonyl (C=O) groups is 2. The fourth-order valence-electron chi connectivity index (χ4n) is 0.203. The predicted molar refractivity (Wildman–Crippen MR) is 35.7 cm³/mol. The highest BCUT2D eigenvalue weighted by Gasteiger charge is 1.90. The van der Waals surface area contributed by atoms with Crippen LogP contribution in [0.1, 0.15) is 0 Å². The number of nitrogens with one attached hydrogen (secondary N) is 1. The first-order valence-electron chi connectivity index (χ1n) is 2.55. The number of carbonyl (C=O) groups excluding carboxylic acids is 1. The number of rotatable bonds is 0. The Kier molecular flexibility index (Phi) is 4.31. The predicted octanol–water partition coefficient (Wildman–Crippen LogP) is -2.64. The summed E-state index contributed by atoms with van der Waals surface area (Å²) in [6, 6.07) is 0. The van der Waals surface area contributed by atoms with Gasteiger partial charge in [-0.15, -0.1) is 0 Å². The van der Waals surface area contributed by atoms with Crippen molar-refractivity contribution in [1.29, 1.82) is 0 Å². The molecule has 0 aliphatic carbocycles. The van der Waals surface area contributed by atoms with E-state index >= 15 is 0 Å². The first-order valence-corrected chi connectivity index (χ1v) is 3.43. The summed E-state index contributed by atoms with van der Waals surface area (Å²) in [5.74, 6) is -4.01. The zero-order chi connectivity index (χ0) is 9.56. The summed E-state index contributed by atoms with van der Waals surface area (Å²) in [4.78, 5) is 18.0. The molecule has 7 nitrogen and oxygen atoms in total. The highest BCUT2D eigenvalue weighted by molar-refractivity contribution is 7.12. The van der Waals surface area contributed by atoms with Gasteiger partial charge in [-0.1, -0.05) is 5.10 Å². The maximum atomic E-state index is 9.04. The molecule has 1 aromatic heterocycles. The second-order valence-corrected chi connectivity index (χ2v) is 2.30. The van der Waals surface area contributed by atoms with E-state index in [4.69, 9.17) is 25.5 Å². The molecule has 0 saturated carbocycles. The van der Waals surface area contributed by atoms with Gasteiger partial charge >= 0.3 is 5.97 Å². The molecular formula is C4H5N3O4S. The number of carboxylic acid groups (broad SMARTS) is 2. The molecule has 0 radical (unpaired) electrons. The zero-order valence-corrected chi connectivity index (χ0v) is 6.50. The summed E-state index contributed by atoms with van der Waals surface area (Å²) in [5.41, 5.74) is 6.87. The number of anilines is 1. The Morgan fingerprint density at radius 1 is 1.75 bits per heavy atom. The van der Waals surface area contributed by atoms with Crippen LogP contribution in [-0.4, -0.2) is 22.1 Å². The van der Waals surface area contributed by atoms with Crippen LogP contribution in [0.4, 0.5) is 5.13 Å². The third-order valence-electron chi connectivity index (χ3n) is 0.582. The van der Waals surface area contributed by atoms with E-state index in [9.17, 15) is 0 Å². The van der Waals surface area contributed by atoms with E-state index in [1.807, 2.05) is 0 Å². The van der Waals surface area contributed by atoms with Gasteiger partial charge in [0, 0.05) is 5.10 Å². The molecule has 66 valence electrons. The summed E-state index contributed by atoms with van der Waals surface area (Å²) < 4.78 is 0. The zero-order valence-electron chi connectivity index (χ0n) is 5.68. The van der Waals surface area contributed by atoms with Gasteiger partial charge in [-0.25, -0.2) is 4.79 Å². The van der Waals surface area contributed by atoms with Crippen molar-refractivity contribution in [2.24, 2.45) is 0 Å². The molecule has 0 fully saturated rings. The van der Waals surface area contributed by atoms with Gasteiger partial charge in [0.15, 0.2) is 5.97 Å². The normalized spacial score (nSPS) is 8.00. The van der Waals surface area contributed by atoms with E-state index in [1.54, 1.807) is 5.51 Å². The molecule has 0 amide bonds. The molecule has 0 bridgehead atoms. The largest absolute Gasteiger partial charge is 0.539 e. The van der Waals surface area contributed by atoms with E-state index in [0.717, 1.165) is 0 Å². The Morgan fingerprint density at radius 3 is 2.33 bits per heavy atom. The molecule has 0 aliphatic heterocycles. The van der Waals surface area contributed by atoms with Gasteiger partial charge in [0.25, 0.3) is 10.6 Å². The van der Waals surface area contributed by atoms with Crippen LogP contribution >= 0.6 is 11.3 Å². The molecule has 0 aliphatic rings. The van der Waals surface area contributed by atoms with Gasteiger partial charge < -0.3 is 20.7 Å². The molecule has 1 aromatic rings. The summed E-state index contributed by atoms with van der Waals surface area (Å²) in [5, 5.41) is 23.1. The minimum Gasteiger partial charge on any atom is -0.539 e. The molecule has 8 heteroatoms. The van der Waals surface area contributed by atoms with E-state index in [1.165, 1.54) is 11.3 Å². The van der Waals surface area contributed by atoms with Crippen molar-refractivity contribution < 1.29 is 24.9 Å². The third-order valence-corrected chi connectivity index (χ3v) is 1.14. The smallest absolute Gasteiger partial charge is 0.351 e. The molecule has 0 atom stereocenters. The number of nitrogens with two attached hydrogens (primary N) is 1. The van der Waals surface area contributed by atoms with Gasteiger partial charge in [0.2, 0.25) is 0 Å². The Bertz CT molecular complexity index is 247. The molecule has 0 spiro atoms. The number of nitrogens with zero attached hydrogens (tertiary/aromatic N) is 1. The second-order valence-electron chi connectivity index (χ2n) is 1.41. The van der Waals surface area contributed by atoms with Crippen LogP contribution in [0.25, 0.3) is 0 Å². The van der Waals surface area contributed by atoms with Crippen molar-refractivity contribution in [2.45, 2.75) is 0 Å². The van der Waals surface area contributed by atoms with Gasteiger partial charge in [0.05, 0.1) is 0 Å². The standard InChI is InChI=1S/C2H3N3S.C2H2O4/c3-2-5-4-1-6-2;3-1(4)2(5)6/h1H,(H2,3,5);(H,3,4)(H,5,6). The first kappa shape index (κ1) is 10.3. The summed E-state index contributed by atoms with van der Waals surface area (Å²) in [7, 11) is 0. The van der Waals surface area contributed by atoms with Gasteiger partial charge in [0.1, 0.15) is 0 Å².